The zero-order valence-electron chi connectivity index (χ0n) is 11.6. The van der Waals surface area contributed by atoms with Crippen molar-refractivity contribution >= 4 is 11.8 Å². The predicted molar refractivity (Wildman–Crippen MR) is 70.8 cm³/mol. The molecule has 0 aromatic heterocycles. The summed E-state index contributed by atoms with van der Waals surface area (Å²) in [6.45, 7) is 6.96. The van der Waals surface area contributed by atoms with Crippen LogP contribution >= 0.6 is 0 Å². The lowest BCUT2D eigenvalue weighted by Gasteiger charge is -2.24. The van der Waals surface area contributed by atoms with E-state index in [1.165, 1.54) is 0 Å². The van der Waals surface area contributed by atoms with Crippen LogP contribution in [-0.2, 0) is 9.59 Å². The molecule has 1 fully saturated rings. The van der Waals surface area contributed by atoms with Crippen molar-refractivity contribution in [1.29, 1.82) is 0 Å². The van der Waals surface area contributed by atoms with Crippen LogP contribution < -0.4 is 11.1 Å². The Morgan fingerprint density at radius 3 is 2.39 bits per heavy atom. The van der Waals surface area contributed by atoms with Gasteiger partial charge in [-0.15, -0.1) is 0 Å². The number of hydrogen-bond donors (Lipinski definition) is 2. The lowest BCUT2D eigenvalue weighted by atomic mass is 10.1. The molecule has 1 aliphatic carbocycles. The molecule has 0 heterocycles. The van der Waals surface area contributed by atoms with Gasteiger partial charge in [-0.2, -0.15) is 0 Å². The molecule has 0 aromatic rings. The van der Waals surface area contributed by atoms with E-state index in [0.717, 1.165) is 19.3 Å². The van der Waals surface area contributed by atoms with Crippen molar-refractivity contribution < 1.29 is 9.59 Å². The normalized spacial score (nSPS) is 24.7. The predicted octanol–water partition coefficient (Wildman–Crippen LogP) is 0.487. The van der Waals surface area contributed by atoms with E-state index in [9.17, 15) is 9.59 Å². The van der Waals surface area contributed by atoms with E-state index in [4.69, 9.17) is 5.73 Å². The molecule has 0 aliphatic heterocycles. The van der Waals surface area contributed by atoms with Gasteiger partial charge in [0.1, 0.15) is 6.04 Å². The summed E-state index contributed by atoms with van der Waals surface area (Å²) in [5.74, 6) is -0.0708. The smallest absolute Gasteiger partial charge is 0.244 e. The first-order chi connectivity index (χ1) is 8.49. The van der Waals surface area contributed by atoms with Crippen LogP contribution in [0.5, 0.6) is 0 Å². The fraction of sp³-hybridized carbons (Fsp3) is 0.846. The first-order valence-electron chi connectivity index (χ1n) is 6.84. The highest BCUT2D eigenvalue weighted by atomic mass is 16.2. The van der Waals surface area contributed by atoms with Crippen LogP contribution in [0.15, 0.2) is 0 Å². The maximum absolute atomic E-state index is 12.0. The molecule has 5 nitrogen and oxygen atoms in total. The Morgan fingerprint density at radius 1 is 1.33 bits per heavy atom. The summed E-state index contributed by atoms with van der Waals surface area (Å²) in [7, 11) is 0. The molecule has 2 amide bonds. The van der Waals surface area contributed by atoms with E-state index in [1.54, 1.807) is 11.8 Å². The van der Waals surface area contributed by atoms with Crippen LogP contribution in [0.25, 0.3) is 0 Å². The summed E-state index contributed by atoms with van der Waals surface area (Å²) in [5.41, 5.74) is 5.79. The number of carbonyl (C=O) groups excluding carboxylic acids is 2. The lowest BCUT2D eigenvalue weighted by molar-refractivity contribution is -0.136. The average Bonchev–Trinajstić information content (AvgIpc) is 2.77. The second-order valence-corrected chi connectivity index (χ2v) is 5.01. The van der Waals surface area contributed by atoms with Gasteiger partial charge in [0.15, 0.2) is 0 Å². The molecule has 1 aliphatic rings. The van der Waals surface area contributed by atoms with E-state index < -0.39 is 6.04 Å². The van der Waals surface area contributed by atoms with Crippen molar-refractivity contribution in [3.8, 4) is 0 Å². The maximum atomic E-state index is 12.0. The Morgan fingerprint density at radius 2 is 1.94 bits per heavy atom. The van der Waals surface area contributed by atoms with Gasteiger partial charge in [0, 0.05) is 25.0 Å². The molecule has 3 N–H and O–H groups in total. The quantitative estimate of drug-likeness (QED) is 0.750. The second-order valence-electron chi connectivity index (χ2n) is 5.01. The Labute approximate surface area is 109 Å². The summed E-state index contributed by atoms with van der Waals surface area (Å²) in [6, 6.07) is -0.316. The zero-order valence-corrected chi connectivity index (χ0v) is 11.6. The third kappa shape index (κ3) is 3.70. The number of nitrogens with zero attached hydrogens (tertiary/aromatic N) is 1. The molecule has 0 radical (unpaired) electrons. The molecule has 1 rings (SSSR count). The van der Waals surface area contributed by atoms with Gasteiger partial charge in [0.2, 0.25) is 11.8 Å². The molecular formula is C13H25N3O2. The van der Waals surface area contributed by atoms with Gasteiger partial charge >= 0.3 is 0 Å². The first kappa shape index (κ1) is 15.0. The number of rotatable bonds is 5. The minimum absolute atomic E-state index is 0.0179. The third-order valence-corrected chi connectivity index (χ3v) is 3.65. The van der Waals surface area contributed by atoms with Gasteiger partial charge in [-0.1, -0.05) is 0 Å². The topological polar surface area (TPSA) is 75.4 Å². The largest absolute Gasteiger partial charge is 0.344 e. The van der Waals surface area contributed by atoms with E-state index in [-0.39, 0.29) is 23.8 Å². The molecule has 0 spiro atoms. The van der Waals surface area contributed by atoms with Crippen molar-refractivity contribution in [2.75, 3.05) is 13.1 Å². The van der Waals surface area contributed by atoms with E-state index >= 15 is 0 Å². The van der Waals surface area contributed by atoms with Crippen LogP contribution in [0.4, 0.5) is 0 Å². The number of nitrogens with one attached hydrogen (secondary N) is 1. The SMILES string of the molecule is CCN(CC)C(=O)C(C)NC(=O)C1CCC(N)C1. The van der Waals surface area contributed by atoms with Crippen LogP contribution in [0, 0.1) is 5.92 Å². The summed E-state index contributed by atoms with van der Waals surface area (Å²) in [6.07, 6.45) is 2.47. The van der Waals surface area contributed by atoms with Crippen molar-refractivity contribution in [2.24, 2.45) is 11.7 Å². The number of nitrogens with two attached hydrogens (primary N) is 1. The van der Waals surface area contributed by atoms with Crippen LogP contribution in [0.3, 0.4) is 0 Å². The van der Waals surface area contributed by atoms with Gasteiger partial charge in [0.05, 0.1) is 0 Å². The first-order valence-corrected chi connectivity index (χ1v) is 6.84. The van der Waals surface area contributed by atoms with Crippen LogP contribution in [0.1, 0.15) is 40.0 Å². The highest BCUT2D eigenvalue weighted by Crippen LogP contribution is 2.24. The number of likely N-dealkylation sites (N-methyl/N-ethyl adjacent to an activating group) is 1. The molecule has 1 saturated carbocycles. The van der Waals surface area contributed by atoms with E-state index in [2.05, 4.69) is 5.32 Å². The Bertz CT molecular complexity index is 303. The third-order valence-electron chi connectivity index (χ3n) is 3.65. The Hall–Kier alpha value is -1.10. The van der Waals surface area contributed by atoms with Crippen molar-refractivity contribution in [3.05, 3.63) is 0 Å². The number of amides is 2. The van der Waals surface area contributed by atoms with E-state index in [1.807, 2.05) is 13.8 Å². The monoisotopic (exact) mass is 255 g/mol. The van der Waals surface area contributed by atoms with E-state index in [0.29, 0.717) is 13.1 Å². The fourth-order valence-corrected chi connectivity index (χ4v) is 2.46. The second kappa shape index (κ2) is 6.73. The van der Waals surface area contributed by atoms with Crippen LogP contribution in [-0.4, -0.2) is 41.9 Å². The molecule has 5 heteroatoms. The molecule has 0 bridgehead atoms. The highest BCUT2D eigenvalue weighted by Gasteiger charge is 2.30. The summed E-state index contributed by atoms with van der Waals surface area (Å²) < 4.78 is 0. The maximum Gasteiger partial charge on any atom is 0.244 e. The molecule has 3 unspecified atom stereocenters. The number of carbonyl (C=O) groups is 2. The highest BCUT2D eigenvalue weighted by molar-refractivity contribution is 5.88. The average molecular weight is 255 g/mol. The Balaban J connectivity index is 2.46. The van der Waals surface area contributed by atoms with Gasteiger partial charge < -0.3 is 16.0 Å². The standard InChI is InChI=1S/C13H25N3O2/c1-4-16(5-2)13(18)9(3)15-12(17)10-6-7-11(14)8-10/h9-11H,4-8,14H2,1-3H3,(H,15,17). The summed E-state index contributed by atoms with van der Waals surface area (Å²) in [5, 5.41) is 2.81. The minimum atomic E-state index is -0.450. The van der Waals surface area contributed by atoms with Gasteiger partial charge in [-0.05, 0) is 40.0 Å². The summed E-state index contributed by atoms with van der Waals surface area (Å²) >= 11 is 0. The summed E-state index contributed by atoms with van der Waals surface area (Å²) in [4.78, 5) is 25.7. The van der Waals surface area contributed by atoms with Gasteiger partial charge in [0.25, 0.3) is 0 Å². The molecule has 3 atom stereocenters. The molecule has 0 saturated heterocycles. The fourth-order valence-electron chi connectivity index (χ4n) is 2.46. The van der Waals surface area contributed by atoms with Crippen molar-refractivity contribution in [2.45, 2.75) is 52.1 Å². The molecule has 0 aromatic carbocycles. The van der Waals surface area contributed by atoms with Crippen molar-refractivity contribution in [3.63, 3.8) is 0 Å². The zero-order chi connectivity index (χ0) is 13.7. The lowest BCUT2D eigenvalue weighted by Crippen LogP contribution is -2.48. The van der Waals surface area contributed by atoms with Crippen LogP contribution in [0.2, 0.25) is 0 Å². The molecular weight excluding hydrogens is 230 g/mol. The Kier molecular flexibility index (Phi) is 5.59. The minimum Gasteiger partial charge on any atom is -0.344 e. The number of hydrogen-bond acceptors (Lipinski definition) is 3. The van der Waals surface area contributed by atoms with Gasteiger partial charge in [-0.25, -0.2) is 0 Å². The van der Waals surface area contributed by atoms with Gasteiger partial charge in [-0.3, -0.25) is 9.59 Å². The molecule has 18 heavy (non-hydrogen) atoms. The molecule has 104 valence electrons. The van der Waals surface area contributed by atoms with Crippen molar-refractivity contribution in [1.82, 2.24) is 10.2 Å².